The fourth-order valence-electron chi connectivity index (χ4n) is 3.12. The molecule has 0 saturated carbocycles. The van der Waals surface area contributed by atoms with Gasteiger partial charge in [0.2, 0.25) is 0 Å². The Morgan fingerprint density at radius 2 is 2.00 bits per heavy atom. The Balaban J connectivity index is 1.47. The van der Waals surface area contributed by atoms with Gasteiger partial charge in [-0.1, -0.05) is 36.5 Å². The summed E-state index contributed by atoms with van der Waals surface area (Å²) in [6.07, 6.45) is 0.961. The van der Waals surface area contributed by atoms with Gasteiger partial charge < -0.3 is 20.3 Å². The lowest BCUT2D eigenvalue weighted by Crippen LogP contribution is -2.36. The zero-order chi connectivity index (χ0) is 18.6. The molecule has 0 amide bonds. The fraction of sp³-hybridized carbons (Fsp3) is 0.300. The molecule has 0 atom stereocenters. The summed E-state index contributed by atoms with van der Waals surface area (Å²) in [6, 6.07) is 14.4. The molecule has 1 aliphatic rings. The maximum atomic E-state index is 5.50. The van der Waals surface area contributed by atoms with E-state index in [2.05, 4.69) is 34.6 Å². The number of nitrogens with zero attached hydrogens (tertiary/aromatic N) is 2. The van der Waals surface area contributed by atoms with Gasteiger partial charge >= 0.3 is 0 Å². The van der Waals surface area contributed by atoms with Crippen LogP contribution in [0, 0.1) is 0 Å². The van der Waals surface area contributed by atoms with Crippen LogP contribution in [0.25, 0.3) is 10.2 Å². The quantitative estimate of drug-likeness (QED) is 0.631. The largest absolute Gasteiger partial charge is 0.378 e. The molecule has 1 aliphatic heterocycles. The van der Waals surface area contributed by atoms with Gasteiger partial charge in [0.05, 0.1) is 23.4 Å². The number of aryl methyl sites for hydroxylation is 1. The van der Waals surface area contributed by atoms with Crippen LogP contribution < -0.4 is 15.5 Å². The number of nitrogens with one attached hydrogen (secondary N) is 2. The SMILES string of the molecule is CCc1ccccc1NC(=S)Nc1ccc2nc(N3CCOCC3)sc2c1. The summed E-state index contributed by atoms with van der Waals surface area (Å²) in [6.45, 7) is 5.47. The van der Waals surface area contributed by atoms with Crippen LogP contribution in [0.2, 0.25) is 0 Å². The number of aromatic nitrogens is 1. The van der Waals surface area contributed by atoms with Crippen molar-refractivity contribution in [3.8, 4) is 0 Å². The van der Waals surface area contributed by atoms with Crippen LogP contribution in [0.5, 0.6) is 0 Å². The van der Waals surface area contributed by atoms with Crippen LogP contribution in [0.1, 0.15) is 12.5 Å². The van der Waals surface area contributed by atoms with Gasteiger partial charge in [-0.25, -0.2) is 4.98 Å². The predicted molar refractivity (Wildman–Crippen MR) is 118 cm³/mol. The Morgan fingerprint density at radius 1 is 1.19 bits per heavy atom. The van der Waals surface area contributed by atoms with Crippen LogP contribution >= 0.6 is 23.6 Å². The maximum absolute atomic E-state index is 5.50. The third-order valence-electron chi connectivity index (χ3n) is 4.56. The number of fused-ring (bicyclic) bond motifs is 1. The molecular weight excluding hydrogens is 376 g/mol. The second-order valence-corrected chi connectivity index (χ2v) is 7.79. The van der Waals surface area contributed by atoms with Gasteiger partial charge in [-0.05, 0) is 48.5 Å². The van der Waals surface area contributed by atoms with Crippen molar-refractivity contribution in [1.82, 2.24) is 4.98 Å². The Hall–Kier alpha value is -2.22. The smallest absolute Gasteiger partial charge is 0.186 e. The molecule has 0 spiro atoms. The van der Waals surface area contributed by atoms with Crippen molar-refractivity contribution in [3.05, 3.63) is 48.0 Å². The summed E-state index contributed by atoms with van der Waals surface area (Å²) in [5, 5.41) is 8.24. The first-order chi connectivity index (χ1) is 13.2. The molecule has 0 bridgehead atoms. The van der Waals surface area contributed by atoms with Crippen LogP contribution in [0.4, 0.5) is 16.5 Å². The van der Waals surface area contributed by atoms with Gasteiger partial charge in [0.25, 0.3) is 0 Å². The summed E-state index contributed by atoms with van der Waals surface area (Å²) in [4.78, 5) is 7.05. The van der Waals surface area contributed by atoms with E-state index in [1.54, 1.807) is 11.3 Å². The monoisotopic (exact) mass is 398 g/mol. The molecule has 1 saturated heterocycles. The molecule has 5 nitrogen and oxygen atoms in total. The molecule has 7 heteroatoms. The summed E-state index contributed by atoms with van der Waals surface area (Å²) < 4.78 is 6.58. The average molecular weight is 399 g/mol. The summed E-state index contributed by atoms with van der Waals surface area (Å²) >= 11 is 7.21. The van der Waals surface area contributed by atoms with Crippen molar-refractivity contribution in [3.63, 3.8) is 0 Å². The van der Waals surface area contributed by atoms with Crippen molar-refractivity contribution in [2.75, 3.05) is 41.8 Å². The first-order valence-electron chi connectivity index (χ1n) is 9.12. The number of rotatable bonds is 4. The van der Waals surface area contributed by atoms with Gasteiger partial charge in [0.1, 0.15) is 0 Å². The van der Waals surface area contributed by atoms with Crippen LogP contribution in [0.3, 0.4) is 0 Å². The lowest BCUT2D eigenvalue weighted by molar-refractivity contribution is 0.122. The minimum absolute atomic E-state index is 0.591. The molecule has 140 valence electrons. The van der Waals surface area contributed by atoms with Gasteiger partial charge in [-0.2, -0.15) is 0 Å². The first kappa shape index (κ1) is 18.2. The number of hydrogen-bond donors (Lipinski definition) is 2. The number of anilines is 3. The highest BCUT2D eigenvalue weighted by atomic mass is 32.1. The van der Waals surface area contributed by atoms with Crippen LogP contribution in [0.15, 0.2) is 42.5 Å². The maximum Gasteiger partial charge on any atom is 0.186 e. The number of ether oxygens (including phenoxy) is 1. The molecule has 1 fully saturated rings. The van der Waals surface area contributed by atoms with E-state index in [1.807, 2.05) is 30.3 Å². The summed E-state index contributed by atoms with van der Waals surface area (Å²) in [7, 11) is 0. The Bertz CT molecular complexity index is 950. The molecule has 4 rings (SSSR count). The van der Waals surface area contributed by atoms with E-state index in [0.29, 0.717) is 5.11 Å². The third kappa shape index (κ3) is 4.21. The second kappa shape index (κ2) is 8.21. The topological polar surface area (TPSA) is 49.4 Å². The van der Waals surface area contributed by atoms with Crippen molar-refractivity contribution in [1.29, 1.82) is 0 Å². The Kier molecular flexibility index (Phi) is 5.52. The molecule has 0 unspecified atom stereocenters. The van der Waals surface area contributed by atoms with Gasteiger partial charge in [0, 0.05) is 24.5 Å². The lowest BCUT2D eigenvalue weighted by atomic mass is 10.1. The molecule has 0 radical (unpaired) electrons. The van der Waals surface area contributed by atoms with E-state index >= 15 is 0 Å². The number of thiazole rings is 1. The van der Waals surface area contributed by atoms with Gasteiger partial charge in [0.15, 0.2) is 10.2 Å². The molecule has 1 aromatic heterocycles. The van der Waals surface area contributed by atoms with E-state index in [-0.39, 0.29) is 0 Å². The molecule has 0 aliphatic carbocycles. The number of thiocarbonyl (C=S) groups is 1. The van der Waals surface area contributed by atoms with Crippen LogP contribution in [-0.2, 0) is 11.2 Å². The van der Waals surface area contributed by atoms with Gasteiger partial charge in [-0.3, -0.25) is 0 Å². The van der Waals surface area contributed by atoms with E-state index in [9.17, 15) is 0 Å². The van der Waals surface area contributed by atoms with E-state index in [1.165, 1.54) is 5.56 Å². The number of hydrogen-bond acceptors (Lipinski definition) is 5. The van der Waals surface area contributed by atoms with E-state index in [0.717, 1.165) is 59.4 Å². The number of morpholine rings is 1. The van der Waals surface area contributed by atoms with E-state index in [4.69, 9.17) is 21.9 Å². The van der Waals surface area contributed by atoms with Crippen molar-refractivity contribution in [2.45, 2.75) is 13.3 Å². The minimum Gasteiger partial charge on any atom is -0.378 e. The Labute approximate surface area is 168 Å². The minimum atomic E-state index is 0.591. The highest BCUT2D eigenvalue weighted by Gasteiger charge is 2.15. The normalized spacial score (nSPS) is 14.3. The zero-order valence-electron chi connectivity index (χ0n) is 15.2. The highest BCUT2D eigenvalue weighted by molar-refractivity contribution is 7.80. The standard InChI is InChI=1S/C20H22N4OS2/c1-2-14-5-3-4-6-16(14)22-19(26)21-15-7-8-17-18(13-15)27-20(23-17)24-9-11-25-12-10-24/h3-8,13H,2,9-12H2,1H3,(H2,21,22,26). The molecular formula is C20H22N4OS2. The fourth-order valence-corrected chi connectivity index (χ4v) is 4.40. The number of para-hydroxylation sites is 1. The molecule has 2 aromatic carbocycles. The molecule has 3 aromatic rings. The Morgan fingerprint density at radius 3 is 2.81 bits per heavy atom. The zero-order valence-corrected chi connectivity index (χ0v) is 16.8. The van der Waals surface area contributed by atoms with Gasteiger partial charge in [-0.15, -0.1) is 0 Å². The van der Waals surface area contributed by atoms with Crippen molar-refractivity contribution >= 4 is 55.4 Å². The predicted octanol–water partition coefficient (Wildman–Crippen LogP) is 4.50. The molecule has 2 heterocycles. The average Bonchev–Trinajstić information content (AvgIpc) is 3.12. The first-order valence-corrected chi connectivity index (χ1v) is 10.3. The van der Waals surface area contributed by atoms with Crippen molar-refractivity contribution < 1.29 is 4.74 Å². The van der Waals surface area contributed by atoms with E-state index < -0.39 is 0 Å². The summed E-state index contributed by atoms with van der Waals surface area (Å²) in [5.74, 6) is 0. The second-order valence-electron chi connectivity index (χ2n) is 6.37. The number of benzene rings is 2. The highest BCUT2D eigenvalue weighted by Crippen LogP contribution is 2.31. The molecule has 27 heavy (non-hydrogen) atoms. The lowest BCUT2D eigenvalue weighted by Gasteiger charge is -2.25. The third-order valence-corrected chi connectivity index (χ3v) is 5.85. The summed E-state index contributed by atoms with van der Waals surface area (Å²) in [5.41, 5.74) is 4.27. The molecule has 2 N–H and O–H groups in total. The van der Waals surface area contributed by atoms with Crippen molar-refractivity contribution in [2.24, 2.45) is 0 Å². The van der Waals surface area contributed by atoms with Crippen LogP contribution in [-0.4, -0.2) is 36.4 Å².